The van der Waals surface area contributed by atoms with Crippen molar-refractivity contribution in [2.75, 3.05) is 0 Å². The largest absolute Gasteiger partial charge is 0.261 e. The Labute approximate surface area is 562 Å². The summed E-state index contributed by atoms with van der Waals surface area (Å²) >= 11 is 0. The summed E-state index contributed by atoms with van der Waals surface area (Å²) < 4.78 is 0. The lowest BCUT2D eigenvalue weighted by Crippen LogP contribution is -2.38. The summed E-state index contributed by atoms with van der Waals surface area (Å²) in [4.78, 5) is 60.7. The van der Waals surface area contributed by atoms with Crippen molar-refractivity contribution >= 4 is 0 Å². The molecule has 0 saturated heterocycles. The van der Waals surface area contributed by atoms with E-state index in [0.717, 1.165) is 167 Å². The van der Waals surface area contributed by atoms with Gasteiger partial charge in [0.05, 0.1) is 34.2 Å². The average molecular weight is 1260 g/mol. The van der Waals surface area contributed by atoms with Crippen molar-refractivity contribution in [2.24, 2.45) is 35.5 Å². The minimum Gasteiger partial charge on any atom is -0.261 e. The second-order valence-electron chi connectivity index (χ2n) is 27.7. The van der Waals surface area contributed by atoms with Crippen LogP contribution < -0.4 is 0 Å². The highest BCUT2D eigenvalue weighted by Gasteiger charge is 2.47. The Balaban J connectivity index is 0.792. The van der Waals surface area contributed by atoms with Crippen molar-refractivity contribution in [3.8, 4) is 67.5 Å². The Morgan fingerprint density at radius 1 is 0.167 bits per heavy atom. The Bertz CT molecular complexity index is 4070. The topological polar surface area (TPSA) is 155 Å². The molecule has 12 nitrogen and oxygen atoms in total. The van der Waals surface area contributed by atoms with E-state index in [2.05, 4.69) is 146 Å². The van der Waals surface area contributed by atoms with E-state index in [0.29, 0.717) is 35.5 Å². The van der Waals surface area contributed by atoms with Gasteiger partial charge in [0.2, 0.25) is 0 Å². The third-order valence-electron chi connectivity index (χ3n) is 22.0. The van der Waals surface area contributed by atoms with E-state index in [4.69, 9.17) is 59.8 Å². The summed E-state index contributed by atoms with van der Waals surface area (Å²) in [6.07, 6.45) is 36.2. The van der Waals surface area contributed by atoms with Gasteiger partial charge >= 0.3 is 0 Å². The second kappa shape index (κ2) is 28.0. The molecule has 4 saturated carbocycles. The molecule has 10 unspecified atom stereocenters. The first-order valence-corrected chi connectivity index (χ1v) is 34.7. The summed E-state index contributed by atoms with van der Waals surface area (Å²) in [7, 11) is 0. The zero-order valence-electron chi connectivity index (χ0n) is 54.0. The Kier molecular flexibility index (Phi) is 17.7. The monoisotopic (exact) mass is 1250 g/mol. The fourth-order valence-corrected chi connectivity index (χ4v) is 17.5. The first-order valence-electron chi connectivity index (χ1n) is 34.7. The van der Waals surface area contributed by atoms with Crippen molar-refractivity contribution < 1.29 is 0 Å². The Morgan fingerprint density at radius 3 is 0.521 bits per heavy atom. The van der Waals surface area contributed by atoms with Gasteiger partial charge in [-0.05, 0) is 258 Å². The lowest BCUT2D eigenvalue weighted by Gasteiger charge is -2.49. The molecule has 474 valence electrons. The lowest BCUT2D eigenvalue weighted by atomic mass is 9.56. The average Bonchev–Trinajstić information content (AvgIpc) is 0.786. The SMILES string of the molecule is c1ccc(-c2ccnc(C3CC(c4cc(-c5ccccn5)ccn4)CC(C4CC(c5cc(-c6ccccn6)ccn5)CC(C5CC(c6cc(-c7ccccn7)ccn6)CC(C6CC(c7cc(-c8ccccn8)ccn7)CC(c7cc(-c8ccccn8)ccn7)C6)C5)C4)C3)c2)nc1. The molecule has 12 heteroatoms. The maximum atomic E-state index is 5.37. The van der Waals surface area contributed by atoms with Crippen LogP contribution >= 0.6 is 0 Å². The molecule has 0 amide bonds. The molecule has 10 atom stereocenters. The van der Waals surface area contributed by atoms with Gasteiger partial charge in [-0.15, -0.1) is 0 Å². The van der Waals surface area contributed by atoms with E-state index in [9.17, 15) is 0 Å². The van der Waals surface area contributed by atoms with Crippen LogP contribution in [0.25, 0.3) is 67.5 Å². The van der Waals surface area contributed by atoms with Crippen LogP contribution in [0.1, 0.15) is 147 Å². The van der Waals surface area contributed by atoms with E-state index >= 15 is 0 Å². The van der Waals surface area contributed by atoms with Crippen LogP contribution in [-0.2, 0) is 0 Å². The van der Waals surface area contributed by atoms with E-state index in [1.807, 2.05) is 111 Å². The van der Waals surface area contributed by atoms with Gasteiger partial charge in [-0.3, -0.25) is 59.8 Å². The molecule has 4 aliphatic rings. The van der Waals surface area contributed by atoms with Crippen LogP contribution in [-0.4, -0.2) is 59.8 Å². The number of hydrogen-bond donors (Lipinski definition) is 0. The molecule has 96 heavy (non-hydrogen) atoms. The van der Waals surface area contributed by atoms with E-state index in [1.54, 1.807) is 0 Å². The predicted octanol–water partition coefficient (Wildman–Crippen LogP) is 18.9. The van der Waals surface area contributed by atoms with Gasteiger partial charge in [-0.1, -0.05) is 36.4 Å². The smallest absolute Gasteiger partial charge is 0.0703 e. The molecule has 0 aliphatic heterocycles. The fourth-order valence-electron chi connectivity index (χ4n) is 17.5. The van der Waals surface area contributed by atoms with Crippen LogP contribution in [0.4, 0.5) is 0 Å². The van der Waals surface area contributed by atoms with Crippen molar-refractivity contribution in [1.29, 1.82) is 0 Å². The molecular formula is C84H78N12. The van der Waals surface area contributed by atoms with Crippen molar-refractivity contribution in [2.45, 2.75) is 113 Å². The molecule has 4 aliphatic carbocycles. The van der Waals surface area contributed by atoms with Gasteiger partial charge in [0, 0.05) is 177 Å². The van der Waals surface area contributed by atoms with Crippen molar-refractivity contribution in [3.05, 3.63) is 291 Å². The van der Waals surface area contributed by atoms with Crippen LogP contribution in [0.15, 0.2) is 256 Å². The zero-order chi connectivity index (χ0) is 64.0. The summed E-state index contributed by atoms with van der Waals surface area (Å²) in [5, 5.41) is 0. The molecular weight excluding hydrogens is 1180 g/mol. The van der Waals surface area contributed by atoms with E-state index < -0.39 is 0 Å². The summed E-state index contributed by atoms with van der Waals surface area (Å²) in [6, 6.07) is 63.9. The zero-order valence-corrected chi connectivity index (χ0v) is 54.0. The van der Waals surface area contributed by atoms with E-state index in [-0.39, 0.29) is 35.5 Å². The highest BCUT2D eigenvalue weighted by molar-refractivity contribution is 5.63. The van der Waals surface area contributed by atoms with Gasteiger partial charge in [0.25, 0.3) is 0 Å². The van der Waals surface area contributed by atoms with Gasteiger partial charge in [-0.2, -0.15) is 0 Å². The molecule has 4 fully saturated rings. The van der Waals surface area contributed by atoms with Crippen LogP contribution in [0, 0.1) is 35.5 Å². The first kappa shape index (κ1) is 60.7. The molecule has 12 aromatic rings. The number of nitrogens with zero attached hydrogens (tertiary/aromatic N) is 12. The molecule has 12 aromatic heterocycles. The number of rotatable bonds is 15. The molecule has 0 N–H and O–H groups in total. The van der Waals surface area contributed by atoms with Gasteiger partial charge in [0.15, 0.2) is 0 Å². The fraction of sp³-hybridized carbons (Fsp3) is 0.286. The van der Waals surface area contributed by atoms with Gasteiger partial charge in [-0.25, -0.2) is 0 Å². The highest BCUT2D eigenvalue weighted by Crippen LogP contribution is 2.58. The Morgan fingerprint density at radius 2 is 0.344 bits per heavy atom. The maximum Gasteiger partial charge on any atom is 0.0703 e. The summed E-state index contributed by atoms with van der Waals surface area (Å²) in [6.45, 7) is 0. The summed E-state index contributed by atoms with van der Waals surface area (Å²) in [5.74, 6) is 3.84. The maximum absolute atomic E-state index is 5.37. The standard InChI is InChI=1S/C84H78N12/c1-7-25-85-73(13-1)55-19-31-91-79(49-55)67-39-61(37-63(41-67)65-43-69(81-51-57(21-33-93-81)75-15-3-9-27-87-75)47-70(44-65)82-52-58(22-34-94-82)76-16-4-10-28-88-76)62-38-64(42-68(40-62)80-50-56(20-32-92-80)74-14-2-8-26-86-74)66-45-71(83-53-59(23-35-95-83)77-17-5-11-29-89-77)48-72(46-66)84-54-60(24-36-96-84)78-18-6-12-30-90-78/h1-36,49-54,61-72H,37-48H2. The van der Waals surface area contributed by atoms with Gasteiger partial charge < -0.3 is 0 Å². The number of pyridine rings is 12. The third-order valence-corrected chi connectivity index (χ3v) is 22.0. The molecule has 0 aromatic carbocycles. The Hall–Kier alpha value is -10.2. The van der Waals surface area contributed by atoms with Crippen molar-refractivity contribution in [3.63, 3.8) is 0 Å². The summed E-state index contributed by atoms with van der Waals surface area (Å²) in [5.41, 5.74) is 19.4. The number of hydrogen-bond acceptors (Lipinski definition) is 12. The van der Waals surface area contributed by atoms with Crippen LogP contribution in [0.2, 0.25) is 0 Å². The lowest BCUT2D eigenvalue weighted by molar-refractivity contribution is 0.0518. The van der Waals surface area contributed by atoms with Crippen LogP contribution in [0.5, 0.6) is 0 Å². The number of aromatic nitrogens is 12. The quantitative estimate of drug-likeness (QED) is 0.0959. The normalized spacial score (nSPS) is 24.4. The molecule has 0 radical (unpaired) electrons. The van der Waals surface area contributed by atoms with E-state index in [1.165, 1.54) is 11.4 Å². The molecule has 0 bridgehead atoms. The minimum atomic E-state index is 0.216. The minimum absolute atomic E-state index is 0.216. The third kappa shape index (κ3) is 13.6. The predicted molar refractivity (Wildman–Crippen MR) is 378 cm³/mol. The first-order chi connectivity index (χ1) is 47.5. The molecule has 0 spiro atoms. The molecule has 16 rings (SSSR count). The molecule has 12 heterocycles. The van der Waals surface area contributed by atoms with Crippen LogP contribution in [0.3, 0.4) is 0 Å². The van der Waals surface area contributed by atoms with Crippen molar-refractivity contribution in [1.82, 2.24) is 59.8 Å². The van der Waals surface area contributed by atoms with Gasteiger partial charge in [0.1, 0.15) is 0 Å². The highest BCUT2D eigenvalue weighted by atomic mass is 14.8. The second-order valence-corrected chi connectivity index (χ2v) is 27.7.